The van der Waals surface area contributed by atoms with E-state index in [0.717, 1.165) is 38.7 Å². The lowest BCUT2D eigenvalue weighted by molar-refractivity contribution is 0.151. The minimum Gasteiger partial charge on any atom is -0.505 e. The molecule has 0 radical (unpaired) electrons. The zero-order valence-electron chi connectivity index (χ0n) is 13.4. The monoisotopic (exact) mass is 363 g/mol. The molecule has 2 N–H and O–H groups in total. The van der Waals surface area contributed by atoms with Crippen molar-refractivity contribution in [2.45, 2.75) is 26.3 Å². The van der Waals surface area contributed by atoms with Gasteiger partial charge in [0.2, 0.25) is 0 Å². The van der Waals surface area contributed by atoms with E-state index in [1.54, 1.807) is 6.07 Å². The van der Waals surface area contributed by atoms with Gasteiger partial charge in [-0.05, 0) is 24.5 Å². The van der Waals surface area contributed by atoms with Crippen LogP contribution in [0.5, 0.6) is 5.75 Å². The Labute approximate surface area is 149 Å². The number of hydrogen-bond acceptors (Lipinski definition) is 4. The molecular weight excluding hydrogens is 340 g/mol. The summed E-state index contributed by atoms with van der Waals surface area (Å²) < 4.78 is 13.9. The van der Waals surface area contributed by atoms with Crippen LogP contribution in [0.3, 0.4) is 0 Å². The van der Waals surface area contributed by atoms with Crippen LogP contribution in [0.25, 0.3) is 0 Å². The Morgan fingerprint density at radius 3 is 2.43 bits per heavy atom. The van der Waals surface area contributed by atoms with Crippen LogP contribution >= 0.6 is 24.8 Å². The van der Waals surface area contributed by atoms with Gasteiger partial charge in [0.05, 0.1) is 11.6 Å². The largest absolute Gasteiger partial charge is 0.505 e. The molecule has 1 heterocycles. The van der Waals surface area contributed by atoms with Crippen LogP contribution in [-0.4, -0.2) is 36.2 Å². The minimum atomic E-state index is -0.715. The van der Waals surface area contributed by atoms with Crippen molar-refractivity contribution in [2.75, 3.05) is 26.2 Å². The van der Waals surface area contributed by atoms with E-state index in [2.05, 4.69) is 24.1 Å². The number of phenols is 1. The SMILES string of the molecule is CC(C)C[C@@H](c1cc(C#N)cc(F)c1O)N1CCNCC1.Cl.Cl. The Morgan fingerprint density at radius 1 is 1.30 bits per heavy atom. The van der Waals surface area contributed by atoms with Gasteiger partial charge in [-0.25, -0.2) is 4.39 Å². The van der Waals surface area contributed by atoms with Crippen LogP contribution in [0.15, 0.2) is 12.1 Å². The third-order valence-corrected chi connectivity index (χ3v) is 3.87. The summed E-state index contributed by atoms with van der Waals surface area (Å²) >= 11 is 0. The van der Waals surface area contributed by atoms with E-state index >= 15 is 0 Å². The van der Waals surface area contributed by atoms with Crippen LogP contribution in [0.4, 0.5) is 4.39 Å². The molecule has 1 aliphatic rings. The fraction of sp³-hybridized carbons (Fsp3) is 0.562. The first-order valence-electron chi connectivity index (χ1n) is 7.40. The number of piperazine rings is 1. The summed E-state index contributed by atoms with van der Waals surface area (Å²) in [7, 11) is 0. The molecule has 4 nitrogen and oxygen atoms in total. The van der Waals surface area contributed by atoms with Crippen molar-refractivity contribution in [1.29, 1.82) is 5.26 Å². The fourth-order valence-corrected chi connectivity index (χ4v) is 2.85. The number of benzene rings is 1. The maximum absolute atomic E-state index is 13.9. The number of nitriles is 1. The first-order valence-corrected chi connectivity index (χ1v) is 7.40. The maximum atomic E-state index is 13.9. The zero-order valence-corrected chi connectivity index (χ0v) is 15.0. The van der Waals surface area contributed by atoms with Gasteiger partial charge in [0.1, 0.15) is 0 Å². The van der Waals surface area contributed by atoms with Crippen molar-refractivity contribution in [3.05, 3.63) is 29.1 Å². The Hall–Kier alpha value is -1.06. The average molecular weight is 364 g/mol. The predicted molar refractivity (Wildman–Crippen MR) is 93.9 cm³/mol. The van der Waals surface area contributed by atoms with Crippen LogP contribution in [0.2, 0.25) is 0 Å². The van der Waals surface area contributed by atoms with E-state index in [1.807, 2.05) is 6.07 Å². The fourth-order valence-electron chi connectivity index (χ4n) is 2.85. The molecule has 2 rings (SSSR count). The molecule has 1 aromatic rings. The minimum absolute atomic E-state index is 0. The number of phenolic OH excluding ortho intramolecular Hbond substituents is 1. The normalized spacial score (nSPS) is 16.1. The van der Waals surface area contributed by atoms with Gasteiger partial charge in [-0.15, -0.1) is 24.8 Å². The molecule has 1 aliphatic heterocycles. The van der Waals surface area contributed by atoms with E-state index in [4.69, 9.17) is 5.26 Å². The van der Waals surface area contributed by atoms with Crippen molar-refractivity contribution >= 4 is 24.8 Å². The predicted octanol–water partition coefficient (Wildman–Crippen LogP) is 3.24. The third-order valence-electron chi connectivity index (χ3n) is 3.87. The van der Waals surface area contributed by atoms with Crippen molar-refractivity contribution in [2.24, 2.45) is 5.92 Å². The van der Waals surface area contributed by atoms with E-state index in [1.165, 1.54) is 0 Å². The molecule has 0 amide bonds. The van der Waals surface area contributed by atoms with Gasteiger partial charge >= 0.3 is 0 Å². The van der Waals surface area contributed by atoms with E-state index in [0.29, 0.717) is 11.5 Å². The maximum Gasteiger partial charge on any atom is 0.166 e. The average Bonchev–Trinajstić information content (AvgIpc) is 2.48. The molecule has 0 bridgehead atoms. The second-order valence-corrected chi connectivity index (χ2v) is 5.94. The van der Waals surface area contributed by atoms with E-state index in [-0.39, 0.29) is 42.2 Å². The summed E-state index contributed by atoms with van der Waals surface area (Å²) in [5.41, 5.74) is 0.784. The standard InChI is InChI=1S/C16H22FN3O.2ClH/c1-11(2)7-15(20-5-3-19-4-6-20)13-8-12(10-18)9-14(17)16(13)21;;/h8-9,11,15,19,21H,3-7H2,1-2H3;2*1H/t15-;;/m0../s1. The lowest BCUT2D eigenvalue weighted by Crippen LogP contribution is -2.45. The van der Waals surface area contributed by atoms with Crippen molar-refractivity contribution < 1.29 is 9.50 Å². The highest BCUT2D eigenvalue weighted by atomic mass is 35.5. The molecule has 0 unspecified atom stereocenters. The van der Waals surface area contributed by atoms with Gasteiger partial charge in [-0.2, -0.15) is 5.26 Å². The molecule has 7 heteroatoms. The number of rotatable bonds is 4. The topological polar surface area (TPSA) is 59.3 Å². The van der Waals surface area contributed by atoms with Crippen LogP contribution in [0, 0.1) is 23.1 Å². The second-order valence-electron chi connectivity index (χ2n) is 5.94. The Kier molecular flexibility index (Phi) is 9.48. The number of nitrogens with one attached hydrogen (secondary N) is 1. The lowest BCUT2D eigenvalue weighted by Gasteiger charge is -2.36. The molecule has 23 heavy (non-hydrogen) atoms. The summed E-state index contributed by atoms with van der Waals surface area (Å²) in [6.45, 7) is 7.70. The number of hydrogen-bond donors (Lipinski definition) is 2. The first-order chi connectivity index (χ1) is 10.0. The second kappa shape index (κ2) is 9.94. The lowest BCUT2D eigenvalue weighted by atomic mass is 9.93. The van der Waals surface area contributed by atoms with E-state index in [9.17, 15) is 9.50 Å². The quantitative estimate of drug-likeness (QED) is 0.861. The van der Waals surface area contributed by atoms with Crippen LogP contribution < -0.4 is 5.32 Å². The molecule has 0 saturated carbocycles. The number of halogens is 3. The van der Waals surface area contributed by atoms with E-state index < -0.39 is 5.82 Å². The zero-order chi connectivity index (χ0) is 15.4. The molecular formula is C16H24Cl2FN3O. The summed E-state index contributed by atoms with van der Waals surface area (Å²) in [6, 6.07) is 4.61. The highest BCUT2D eigenvalue weighted by Crippen LogP contribution is 2.36. The summed E-state index contributed by atoms with van der Waals surface area (Å²) in [6.07, 6.45) is 0.821. The van der Waals surface area contributed by atoms with Gasteiger partial charge in [-0.1, -0.05) is 13.8 Å². The first kappa shape index (κ1) is 21.9. The van der Waals surface area contributed by atoms with Crippen LogP contribution in [0.1, 0.15) is 37.4 Å². The van der Waals surface area contributed by atoms with Gasteiger partial charge in [0.25, 0.3) is 0 Å². The number of aromatic hydroxyl groups is 1. The molecule has 0 spiro atoms. The van der Waals surface area contributed by atoms with Gasteiger partial charge in [-0.3, -0.25) is 4.90 Å². The van der Waals surface area contributed by atoms with Crippen LogP contribution in [-0.2, 0) is 0 Å². The summed E-state index contributed by atoms with van der Waals surface area (Å²) in [4.78, 5) is 2.26. The van der Waals surface area contributed by atoms with Crippen molar-refractivity contribution in [3.8, 4) is 11.8 Å². The molecule has 1 saturated heterocycles. The molecule has 1 atom stereocenters. The van der Waals surface area contributed by atoms with Gasteiger partial charge < -0.3 is 10.4 Å². The molecule has 1 aromatic carbocycles. The van der Waals surface area contributed by atoms with Crippen molar-refractivity contribution in [3.63, 3.8) is 0 Å². The number of nitrogens with zero attached hydrogens (tertiary/aromatic N) is 2. The highest BCUT2D eigenvalue weighted by molar-refractivity contribution is 5.85. The summed E-state index contributed by atoms with van der Waals surface area (Å²) in [5, 5.41) is 22.4. The smallest absolute Gasteiger partial charge is 0.166 e. The Balaban J connectivity index is 0.00000242. The molecule has 1 fully saturated rings. The molecule has 0 aliphatic carbocycles. The van der Waals surface area contributed by atoms with Gasteiger partial charge in [0.15, 0.2) is 11.6 Å². The van der Waals surface area contributed by atoms with Gasteiger partial charge in [0, 0.05) is 37.8 Å². The molecule has 0 aromatic heterocycles. The van der Waals surface area contributed by atoms with Crippen molar-refractivity contribution in [1.82, 2.24) is 10.2 Å². The Bertz CT molecular complexity index is 543. The summed E-state index contributed by atoms with van der Waals surface area (Å²) in [5.74, 6) is -0.621. The third kappa shape index (κ3) is 5.50. The highest BCUT2D eigenvalue weighted by Gasteiger charge is 2.27. The Morgan fingerprint density at radius 2 is 1.91 bits per heavy atom. The molecule has 130 valence electrons.